The van der Waals surface area contributed by atoms with E-state index < -0.39 is 11.8 Å². The Morgan fingerprint density at radius 2 is 1.69 bits per heavy atom. The van der Waals surface area contributed by atoms with E-state index in [1.165, 1.54) is 6.21 Å². The lowest BCUT2D eigenvalue weighted by atomic mass is 10.2. The molecule has 0 aliphatic heterocycles. The van der Waals surface area contributed by atoms with Crippen molar-refractivity contribution in [2.75, 3.05) is 5.32 Å². The molecule has 0 fully saturated rings. The molecule has 3 aromatic carbocycles. The Balaban J connectivity index is 1.51. The third-order valence-corrected chi connectivity index (χ3v) is 4.05. The Morgan fingerprint density at radius 3 is 2.45 bits per heavy atom. The highest BCUT2D eigenvalue weighted by Gasteiger charge is 2.12. The molecular formula is C22H18ClN3O3. The highest BCUT2D eigenvalue weighted by atomic mass is 35.5. The molecule has 0 saturated carbocycles. The van der Waals surface area contributed by atoms with Gasteiger partial charge in [0.2, 0.25) is 0 Å². The Labute approximate surface area is 173 Å². The van der Waals surface area contributed by atoms with E-state index in [1.807, 2.05) is 42.5 Å². The number of ether oxygens (including phenoxy) is 1. The van der Waals surface area contributed by atoms with Crippen molar-refractivity contribution in [1.29, 1.82) is 0 Å². The van der Waals surface area contributed by atoms with Gasteiger partial charge in [0.25, 0.3) is 0 Å². The summed E-state index contributed by atoms with van der Waals surface area (Å²) in [4.78, 5) is 23.7. The lowest BCUT2D eigenvalue weighted by Crippen LogP contribution is -2.32. The highest BCUT2D eigenvalue weighted by Crippen LogP contribution is 2.15. The second-order valence-corrected chi connectivity index (χ2v) is 6.44. The topological polar surface area (TPSA) is 79.8 Å². The molecule has 146 valence electrons. The van der Waals surface area contributed by atoms with Crippen molar-refractivity contribution in [2.24, 2.45) is 5.10 Å². The number of carbonyl (C=O) groups excluding carboxylic acids is 2. The largest absolute Gasteiger partial charge is 0.489 e. The Hall–Kier alpha value is -3.64. The predicted molar refractivity (Wildman–Crippen MR) is 113 cm³/mol. The van der Waals surface area contributed by atoms with Crippen LogP contribution >= 0.6 is 11.6 Å². The number of carbonyl (C=O) groups is 2. The predicted octanol–water partition coefficient (Wildman–Crippen LogP) is 4.01. The first-order valence-corrected chi connectivity index (χ1v) is 9.15. The van der Waals surface area contributed by atoms with Crippen LogP contribution in [0.3, 0.4) is 0 Å². The average molecular weight is 408 g/mol. The quantitative estimate of drug-likeness (QED) is 0.368. The minimum Gasteiger partial charge on any atom is -0.489 e. The molecule has 29 heavy (non-hydrogen) atoms. The zero-order valence-electron chi connectivity index (χ0n) is 15.3. The van der Waals surface area contributed by atoms with Crippen LogP contribution in [-0.2, 0) is 16.2 Å². The Bertz CT molecular complexity index is 1010. The highest BCUT2D eigenvalue weighted by molar-refractivity contribution is 6.39. The van der Waals surface area contributed by atoms with Gasteiger partial charge in [-0.25, -0.2) is 5.43 Å². The molecule has 0 saturated heterocycles. The van der Waals surface area contributed by atoms with Gasteiger partial charge in [-0.05, 0) is 47.5 Å². The fourth-order valence-electron chi connectivity index (χ4n) is 2.36. The molecular weight excluding hydrogens is 390 g/mol. The summed E-state index contributed by atoms with van der Waals surface area (Å²) >= 11 is 5.78. The van der Waals surface area contributed by atoms with Crippen molar-refractivity contribution in [1.82, 2.24) is 5.43 Å². The van der Waals surface area contributed by atoms with Crippen LogP contribution in [0.5, 0.6) is 5.75 Å². The van der Waals surface area contributed by atoms with Crippen molar-refractivity contribution >= 4 is 35.3 Å². The summed E-state index contributed by atoms with van der Waals surface area (Å²) in [7, 11) is 0. The second-order valence-electron chi connectivity index (χ2n) is 6.01. The first-order valence-electron chi connectivity index (χ1n) is 8.77. The third kappa shape index (κ3) is 6.48. The molecule has 6 nitrogen and oxygen atoms in total. The number of hydrogen-bond acceptors (Lipinski definition) is 4. The van der Waals surface area contributed by atoms with Gasteiger partial charge in [-0.15, -0.1) is 0 Å². The molecule has 0 atom stereocenters. The summed E-state index contributed by atoms with van der Waals surface area (Å²) in [5.74, 6) is -1.04. The zero-order chi connectivity index (χ0) is 20.5. The first kappa shape index (κ1) is 20.1. The van der Waals surface area contributed by atoms with Crippen molar-refractivity contribution in [3.8, 4) is 5.75 Å². The number of anilines is 1. The van der Waals surface area contributed by atoms with Crippen LogP contribution in [0.15, 0.2) is 84.0 Å². The monoisotopic (exact) mass is 407 g/mol. The van der Waals surface area contributed by atoms with Gasteiger partial charge in [-0.1, -0.05) is 54.1 Å². The fourth-order valence-corrected chi connectivity index (χ4v) is 2.49. The summed E-state index contributed by atoms with van der Waals surface area (Å²) in [6.07, 6.45) is 1.43. The van der Waals surface area contributed by atoms with Crippen molar-refractivity contribution < 1.29 is 14.3 Å². The van der Waals surface area contributed by atoms with E-state index in [4.69, 9.17) is 16.3 Å². The molecule has 0 heterocycles. The zero-order valence-corrected chi connectivity index (χ0v) is 16.1. The minimum atomic E-state index is -0.882. The van der Waals surface area contributed by atoms with E-state index in [0.29, 0.717) is 28.6 Å². The molecule has 2 amide bonds. The van der Waals surface area contributed by atoms with Gasteiger partial charge >= 0.3 is 11.8 Å². The number of hydrazone groups is 1. The van der Waals surface area contributed by atoms with Gasteiger partial charge in [-0.3, -0.25) is 9.59 Å². The van der Waals surface area contributed by atoms with E-state index >= 15 is 0 Å². The molecule has 0 unspecified atom stereocenters. The molecule has 0 spiro atoms. The normalized spacial score (nSPS) is 10.5. The molecule has 2 N–H and O–H groups in total. The van der Waals surface area contributed by atoms with E-state index in [1.54, 1.807) is 36.4 Å². The van der Waals surface area contributed by atoms with Crippen LogP contribution in [0, 0.1) is 0 Å². The van der Waals surface area contributed by atoms with Crippen molar-refractivity contribution in [3.05, 3.63) is 95.0 Å². The van der Waals surface area contributed by atoms with Gasteiger partial charge in [0, 0.05) is 10.7 Å². The lowest BCUT2D eigenvalue weighted by Gasteiger charge is -2.07. The van der Waals surface area contributed by atoms with Gasteiger partial charge < -0.3 is 10.1 Å². The standard InChI is InChI=1S/C22H18ClN3O3/c23-18-9-11-19(12-10-18)25-21(27)22(28)26-24-14-17-7-4-8-20(13-17)29-15-16-5-2-1-3-6-16/h1-14H,15H2,(H,25,27)(H,26,28)/b24-14-. The molecule has 0 aromatic heterocycles. The van der Waals surface area contributed by atoms with Gasteiger partial charge in [-0.2, -0.15) is 5.10 Å². The van der Waals surface area contributed by atoms with Crippen LogP contribution in [0.25, 0.3) is 0 Å². The molecule has 0 aliphatic rings. The lowest BCUT2D eigenvalue weighted by molar-refractivity contribution is -0.136. The van der Waals surface area contributed by atoms with Crippen LogP contribution < -0.4 is 15.5 Å². The molecule has 0 aliphatic carbocycles. The molecule has 0 radical (unpaired) electrons. The van der Waals surface area contributed by atoms with E-state index in [0.717, 1.165) is 5.56 Å². The number of rotatable bonds is 6. The number of amides is 2. The summed E-state index contributed by atoms with van der Waals surface area (Å²) in [6.45, 7) is 0.447. The maximum Gasteiger partial charge on any atom is 0.329 e. The van der Waals surface area contributed by atoms with Gasteiger partial charge in [0.1, 0.15) is 12.4 Å². The molecule has 3 aromatic rings. The number of benzene rings is 3. The maximum absolute atomic E-state index is 11.9. The van der Waals surface area contributed by atoms with Crippen LogP contribution in [-0.4, -0.2) is 18.0 Å². The summed E-state index contributed by atoms with van der Waals surface area (Å²) in [5, 5.41) is 6.81. The second kappa shape index (κ2) is 10.1. The third-order valence-electron chi connectivity index (χ3n) is 3.79. The minimum absolute atomic E-state index is 0.447. The van der Waals surface area contributed by atoms with Crippen molar-refractivity contribution in [3.63, 3.8) is 0 Å². The smallest absolute Gasteiger partial charge is 0.329 e. The number of nitrogens with zero attached hydrogens (tertiary/aromatic N) is 1. The fraction of sp³-hybridized carbons (Fsp3) is 0.0455. The Morgan fingerprint density at radius 1 is 0.931 bits per heavy atom. The van der Waals surface area contributed by atoms with Crippen LogP contribution in [0.1, 0.15) is 11.1 Å². The number of hydrogen-bond donors (Lipinski definition) is 2. The van der Waals surface area contributed by atoms with Gasteiger partial charge in [0.05, 0.1) is 6.21 Å². The molecule has 7 heteroatoms. The van der Waals surface area contributed by atoms with E-state index in [2.05, 4.69) is 15.8 Å². The summed E-state index contributed by atoms with van der Waals surface area (Å²) < 4.78 is 5.75. The number of nitrogens with one attached hydrogen (secondary N) is 2. The van der Waals surface area contributed by atoms with Crippen molar-refractivity contribution in [2.45, 2.75) is 6.61 Å². The van der Waals surface area contributed by atoms with Crippen LogP contribution in [0.2, 0.25) is 5.02 Å². The summed E-state index contributed by atoms with van der Waals surface area (Å²) in [5.41, 5.74) is 4.43. The average Bonchev–Trinajstić information content (AvgIpc) is 2.75. The Kier molecular flexibility index (Phi) is 6.97. The van der Waals surface area contributed by atoms with E-state index in [-0.39, 0.29) is 0 Å². The maximum atomic E-state index is 11.9. The van der Waals surface area contributed by atoms with E-state index in [9.17, 15) is 9.59 Å². The van der Waals surface area contributed by atoms with Gasteiger partial charge in [0.15, 0.2) is 0 Å². The van der Waals surface area contributed by atoms with Crippen LogP contribution in [0.4, 0.5) is 5.69 Å². The first-order chi connectivity index (χ1) is 14.1. The SMILES string of the molecule is O=C(N/N=C\c1cccc(OCc2ccccc2)c1)C(=O)Nc1ccc(Cl)cc1. The summed E-state index contributed by atoms with van der Waals surface area (Å²) in [6, 6.07) is 23.5. The number of halogens is 1. The molecule has 0 bridgehead atoms. The molecule has 3 rings (SSSR count).